The fourth-order valence-electron chi connectivity index (χ4n) is 8.79. The van der Waals surface area contributed by atoms with Gasteiger partial charge < -0.3 is 14.0 Å². The molecule has 0 saturated heterocycles. The van der Waals surface area contributed by atoms with E-state index in [0.29, 0.717) is 33.6 Å². The van der Waals surface area contributed by atoms with E-state index in [1.165, 1.54) is 19.2 Å². The van der Waals surface area contributed by atoms with Crippen LogP contribution < -0.4 is 5.19 Å². The van der Waals surface area contributed by atoms with Crippen molar-refractivity contribution in [2.24, 2.45) is 0 Å². The van der Waals surface area contributed by atoms with E-state index >= 15 is 0 Å². The summed E-state index contributed by atoms with van der Waals surface area (Å²) in [6.07, 6.45) is -2.39. The van der Waals surface area contributed by atoms with Gasteiger partial charge in [0.1, 0.15) is 5.58 Å². The Morgan fingerprint density at radius 2 is 1.39 bits per heavy atom. The standard InChI is InChI=1S/C46H29N2O.C15H17NSi.Ir/c1-3-12-30(13-4-1)28-31-22-25-38-39-20-11-21-40(45(39)49-42(38)29-31)46-47-43-35-18-9-7-16-33(35)24-27-41(43)48(46)44-36-19-10-8-17-34(36)23-26-37(44)32-14-5-2-6-15-32;1-4-12-10-14(13-8-6-5-7-9-13)16-11-15(12)17(2)3;/h1-20,22-27,29H,28H2;5-8,10-11H,4H2,1-3H3;/q2*-1;/i28D2;2D3,3D3,4D2;. The molecule has 6 heteroatoms. The third-order valence-corrected chi connectivity index (χ3v) is 12.8. The molecule has 3 heterocycles. The Balaban J connectivity index is 0.000000220. The van der Waals surface area contributed by atoms with Gasteiger partial charge in [0, 0.05) is 61.7 Å². The van der Waals surface area contributed by atoms with Crippen molar-refractivity contribution in [1.29, 1.82) is 0 Å². The Morgan fingerprint density at radius 1 is 0.657 bits per heavy atom. The average molecular weight is 1070 g/mol. The first-order valence-electron chi connectivity index (χ1n) is 26.6. The molecule has 0 N–H and O–H groups in total. The second kappa shape index (κ2) is 18.9. The number of aromatic nitrogens is 3. The molecule has 12 aromatic rings. The van der Waals surface area contributed by atoms with Gasteiger partial charge in [0.05, 0.1) is 36.9 Å². The molecule has 0 saturated carbocycles. The molecular formula is C61H46IrN3OSi-2. The molecule has 0 unspecified atom stereocenters. The Hall–Kier alpha value is -7.21. The van der Waals surface area contributed by atoms with Crippen molar-refractivity contribution in [1.82, 2.24) is 14.5 Å². The fourth-order valence-corrected chi connectivity index (χ4v) is 9.45. The molecule has 12 rings (SSSR count). The fraction of sp³-hybridized carbons (Fsp3) is 0.0820. The summed E-state index contributed by atoms with van der Waals surface area (Å²) in [5.74, 6) is 0.722. The van der Waals surface area contributed by atoms with Gasteiger partial charge in [-0.25, -0.2) is 0 Å². The van der Waals surface area contributed by atoms with Crippen molar-refractivity contribution in [2.75, 3.05) is 0 Å². The van der Waals surface area contributed by atoms with Gasteiger partial charge in [-0.2, -0.15) is 0 Å². The average Bonchev–Trinajstić information content (AvgIpc) is 4.01. The second-order valence-corrected chi connectivity index (χ2v) is 17.2. The van der Waals surface area contributed by atoms with Crippen LogP contribution >= 0.6 is 0 Å². The predicted molar refractivity (Wildman–Crippen MR) is 277 cm³/mol. The van der Waals surface area contributed by atoms with E-state index in [9.17, 15) is 0 Å². The maximum atomic E-state index is 9.01. The summed E-state index contributed by atoms with van der Waals surface area (Å²) in [5, 5.41) is 6.25. The quantitative estimate of drug-likeness (QED) is 0.112. The van der Waals surface area contributed by atoms with Gasteiger partial charge in [0.15, 0.2) is 0 Å². The second-order valence-electron chi connectivity index (χ2n) is 15.9. The molecular weight excluding hydrogens is 1010 g/mol. The molecule has 326 valence electrons. The van der Waals surface area contributed by atoms with E-state index in [2.05, 4.69) is 119 Å². The minimum absolute atomic E-state index is 0. The summed E-state index contributed by atoms with van der Waals surface area (Å²) in [4.78, 5) is 9.66. The molecule has 0 aliphatic carbocycles. The van der Waals surface area contributed by atoms with Gasteiger partial charge in [0.25, 0.3) is 0 Å². The van der Waals surface area contributed by atoms with Gasteiger partial charge in [-0.3, -0.25) is 4.98 Å². The van der Waals surface area contributed by atoms with Gasteiger partial charge in [-0.1, -0.05) is 182 Å². The summed E-state index contributed by atoms with van der Waals surface area (Å²) < 4.78 is 89.1. The summed E-state index contributed by atoms with van der Waals surface area (Å²) in [5.41, 5.74) is 9.36. The molecule has 2 radical (unpaired) electrons. The monoisotopic (exact) mass is 1070 g/mol. The Labute approximate surface area is 420 Å². The van der Waals surface area contributed by atoms with E-state index < -0.39 is 34.5 Å². The Bertz CT molecular complexity index is 4110. The van der Waals surface area contributed by atoms with Crippen molar-refractivity contribution < 1.29 is 38.2 Å². The number of aryl methyl sites for hydroxylation is 1. The van der Waals surface area contributed by atoms with Crippen LogP contribution in [0.2, 0.25) is 13.0 Å². The maximum Gasteiger partial charge on any atom is 0.121 e. The SMILES string of the molecule is [2H]C([2H])(C)c1cc(-c2[c-]cccc2)ncc1[Si](C([2H])([2H])[2H])C([2H])([2H])[2H].[2H]C([2H])(c1ccccc1)c1ccc2c(c1)oc1c(-c3nc4c5ccccc5ccc4n3-c3c(-c4ccccc4)ccc4ccccc34)[c-]ccc12.[Ir]. The minimum Gasteiger partial charge on any atom is -0.501 e. The summed E-state index contributed by atoms with van der Waals surface area (Å²) in [6.45, 7) is -4.14. The molecule has 0 aliphatic rings. The van der Waals surface area contributed by atoms with Gasteiger partial charge >= 0.3 is 0 Å². The van der Waals surface area contributed by atoms with Crippen LogP contribution in [0.15, 0.2) is 205 Å². The molecule has 9 aromatic carbocycles. The predicted octanol–water partition coefficient (Wildman–Crippen LogP) is 15.0. The number of rotatable bonds is 8. The molecule has 0 atom stereocenters. The smallest absolute Gasteiger partial charge is 0.121 e. The first-order chi connectivity index (χ1) is 36.4. The first kappa shape index (κ1) is 33.3. The first-order valence-corrected chi connectivity index (χ1v) is 23.1. The normalized spacial score (nSPS) is 14.4. The zero-order chi connectivity index (χ0) is 53.1. The van der Waals surface area contributed by atoms with Crippen molar-refractivity contribution in [3.05, 3.63) is 229 Å². The summed E-state index contributed by atoms with van der Waals surface area (Å²) in [6, 6.07) is 69.9. The van der Waals surface area contributed by atoms with E-state index in [1.54, 1.807) is 24.3 Å². The zero-order valence-corrected chi connectivity index (χ0v) is 39.5. The molecule has 0 spiro atoms. The van der Waals surface area contributed by atoms with E-state index in [-0.39, 0.29) is 30.9 Å². The molecule has 0 fully saturated rings. The van der Waals surface area contributed by atoms with Gasteiger partial charge in [-0.15, -0.1) is 54.1 Å². The van der Waals surface area contributed by atoms with Crippen LogP contribution in [0.1, 0.15) is 37.3 Å². The van der Waals surface area contributed by atoms with Crippen LogP contribution in [0.4, 0.5) is 0 Å². The zero-order valence-electron chi connectivity index (χ0n) is 46.1. The van der Waals surface area contributed by atoms with Crippen molar-refractivity contribution in [2.45, 2.75) is 32.6 Å². The van der Waals surface area contributed by atoms with Crippen molar-refractivity contribution in [3.63, 3.8) is 0 Å². The van der Waals surface area contributed by atoms with Crippen LogP contribution in [0.5, 0.6) is 0 Å². The number of hydrogen-bond donors (Lipinski definition) is 0. The number of benzene rings is 9. The van der Waals surface area contributed by atoms with Crippen LogP contribution in [0.25, 0.3) is 94.0 Å². The Morgan fingerprint density at radius 3 is 2.16 bits per heavy atom. The number of fused-ring (bicyclic) bond motifs is 7. The van der Waals surface area contributed by atoms with Crippen LogP contribution in [-0.4, -0.2) is 23.3 Å². The van der Waals surface area contributed by atoms with Gasteiger partial charge in [-0.05, 0) is 63.2 Å². The van der Waals surface area contributed by atoms with Crippen LogP contribution in [-0.2, 0) is 32.9 Å². The number of pyridine rings is 1. The number of nitrogens with zero attached hydrogens (tertiary/aromatic N) is 3. The minimum atomic E-state index is -3.08. The molecule has 67 heavy (non-hydrogen) atoms. The van der Waals surface area contributed by atoms with Crippen LogP contribution in [0, 0.1) is 12.1 Å². The van der Waals surface area contributed by atoms with Crippen molar-refractivity contribution >= 4 is 68.5 Å². The number of furan rings is 1. The topological polar surface area (TPSA) is 43.9 Å². The third-order valence-electron chi connectivity index (χ3n) is 11.9. The summed E-state index contributed by atoms with van der Waals surface area (Å²) >= 11 is 0. The van der Waals surface area contributed by atoms with Crippen molar-refractivity contribution in [3.8, 4) is 39.5 Å². The maximum absolute atomic E-state index is 9.01. The molecule has 4 nitrogen and oxygen atoms in total. The molecule has 3 aromatic heterocycles. The van der Waals surface area contributed by atoms with Gasteiger partial charge in [0.2, 0.25) is 0 Å². The summed E-state index contributed by atoms with van der Waals surface area (Å²) in [7, 11) is -3.08. The van der Waals surface area contributed by atoms with E-state index in [1.807, 2.05) is 66.7 Å². The number of imidazole rings is 1. The van der Waals surface area contributed by atoms with Crippen LogP contribution in [0.3, 0.4) is 0 Å². The number of hydrogen-bond acceptors (Lipinski definition) is 3. The largest absolute Gasteiger partial charge is 0.501 e. The molecule has 0 aliphatic heterocycles. The van der Waals surface area contributed by atoms with E-state index in [0.717, 1.165) is 71.6 Å². The molecule has 0 amide bonds. The van der Waals surface area contributed by atoms with E-state index in [4.69, 9.17) is 23.1 Å². The Kier molecular flexibility index (Phi) is 9.41. The third kappa shape index (κ3) is 8.34. The molecule has 0 bridgehead atoms.